The standard InChI is InChI=1S/C17H21NO4/c1-21-16(19)12-14-8-5-10-18(11-9-14)17(20)22-13-15-6-3-2-4-7-15/h2-4,6-7,12H,5,8-11,13H2,1H3/b14-12+. The first-order chi connectivity index (χ1) is 10.7. The number of benzene rings is 1. The van der Waals surface area contributed by atoms with Gasteiger partial charge in [-0.2, -0.15) is 0 Å². The second-order valence-electron chi connectivity index (χ2n) is 5.21. The number of hydrogen-bond donors (Lipinski definition) is 0. The third-order valence-corrected chi connectivity index (χ3v) is 3.62. The third-order valence-electron chi connectivity index (χ3n) is 3.62. The number of amides is 1. The highest BCUT2D eigenvalue weighted by Gasteiger charge is 2.19. The molecule has 0 aromatic heterocycles. The largest absolute Gasteiger partial charge is 0.466 e. The number of esters is 1. The maximum Gasteiger partial charge on any atom is 0.410 e. The zero-order valence-electron chi connectivity index (χ0n) is 12.8. The van der Waals surface area contributed by atoms with Gasteiger partial charge in [0.2, 0.25) is 0 Å². The minimum Gasteiger partial charge on any atom is -0.466 e. The van der Waals surface area contributed by atoms with Crippen LogP contribution in [-0.2, 0) is 20.9 Å². The normalized spacial score (nSPS) is 17.0. The lowest BCUT2D eigenvalue weighted by molar-refractivity contribution is -0.134. The molecule has 0 bridgehead atoms. The number of rotatable bonds is 3. The van der Waals surface area contributed by atoms with Crippen LogP contribution in [0.15, 0.2) is 42.0 Å². The summed E-state index contributed by atoms with van der Waals surface area (Å²) in [4.78, 5) is 25.1. The topological polar surface area (TPSA) is 55.8 Å². The Balaban J connectivity index is 1.84. The van der Waals surface area contributed by atoms with Crippen LogP contribution in [0.1, 0.15) is 24.8 Å². The van der Waals surface area contributed by atoms with Crippen LogP contribution < -0.4 is 0 Å². The van der Waals surface area contributed by atoms with Crippen LogP contribution in [0.4, 0.5) is 4.79 Å². The molecule has 0 aliphatic carbocycles. The molecule has 0 radical (unpaired) electrons. The molecule has 22 heavy (non-hydrogen) atoms. The van der Waals surface area contributed by atoms with Gasteiger partial charge in [0.25, 0.3) is 0 Å². The molecule has 1 saturated heterocycles. The highest BCUT2D eigenvalue weighted by atomic mass is 16.6. The first kappa shape index (κ1) is 16.1. The summed E-state index contributed by atoms with van der Waals surface area (Å²) >= 11 is 0. The minimum absolute atomic E-state index is 0.279. The first-order valence-corrected chi connectivity index (χ1v) is 7.42. The van der Waals surface area contributed by atoms with Crippen molar-refractivity contribution in [1.29, 1.82) is 0 Å². The molecule has 0 unspecified atom stereocenters. The van der Waals surface area contributed by atoms with E-state index in [9.17, 15) is 9.59 Å². The highest BCUT2D eigenvalue weighted by molar-refractivity contribution is 5.82. The summed E-state index contributed by atoms with van der Waals surface area (Å²) in [7, 11) is 1.36. The van der Waals surface area contributed by atoms with Crippen molar-refractivity contribution in [1.82, 2.24) is 4.90 Å². The van der Waals surface area contributed by atoms with E-state index in [4.69, 9.17) is 4.74 Å². The summed E-state index contributed by atoms with van der Waals surface area (Å²) in [6.07, 6.45) is 3.53. The van der Waals surface area contributed by atoms with E-state index in [-0.39, 0.29) is 18.7 Å². The van der Waals surface area contributed by atoms with Gasteiger partial charge in [0.15, 0.2) is 0 Å². The average Bonchev–Trinajstić information content (AvgIpc) is 2.79. The zero-order valence-corrected chi connectivity index (χ0v) is 12.8. The average molecular weight is 303 g/mol. The molecule has 1 amide bonds. The van der Waals surface area contributed by atoms with Crippen molar-refractivity contribution < 1.29 is 19.1 Å². The molecule has 1 aromatic carbocycles. The molecule has 118 valence electrons. The van der Waals surface area contributed by atoms with E-state index in [1.807, 2.05) is 30.3 Å². The maximum absolute atomic E-state index is 12.1. The van der Waals surface area contributed by atoms with Crippen LogP contribution in [0.5, 0.6) is 0 Å². The van der Waals surface area contributed by atoms with Gasteiger partial charge in [-0.05, 0) is 24.8 Å². The van der Waals surface area contributed by atoms with E-state index in [1.165, 1.54) is 13.2 Å². The Morgan fingerprint density at radius 2 is 1.95 bits per heavy atom. The second kappa shape index (κ2) is 8.22. The van der Waals surface area contributed by atoms with E-state index in [1.54, 1.807) is 4.90 Å². The van der Waals surface area contributed by atoms with Gasteiger partial charge >= 0.3 is 12.1 Å². The Bertz CT molecular complexity index is 539. The highest BCUT2D eigenvalue weighted by Crippen LogP contribution is 2.17. The molecule has 0 saturated carbocycles. The molecular weight excluding hydrogens is 282 g/mol. The maximum atomic E-state index is 12.1. The van der Waals surface area contributed by atoms with Crippen LogP contribution >= 0.6 is 0 Å². The van der Waals surface area contributed by atoms with Crippen molar-refractivity contribution in [3.8, 4) is 0 Å². The Labute approximate surface area is 130 Å². The van der Waals surface area contributed by atoms with E-state index >= 15 is 0 Å². The summed E-state index contributed by atoms with van der Waals surface area (Å²) in [6.45, 7) is 1.49. The van der Waals surface area contributed by atoms with Gasteiger partial charge in [0.1, 0.15) is 6.61 Å². The van der Waals surface area contributed by atoms with Crippen molar-refractivity contribution in [2.75, 3.05) is 20.2 Å². The SMILES string of the molecule is COC(=O)/C=C1\CCCN(C(=O)OCc2ccccc2)CC1. The number of ether oxygens (including phenoxy) is 2. The van der Waals surface area contributed by atoms with Gasteiger partial charge in [-0.25, -0.2) is 9.59 Å². The molecule has 0 atom stereocenters. The molecule has 1 aliphatic rings. The van der Waals surface area contributed by atoms with Gasteiger partial charge in [0.05, 0.1) is 7.11 Å². The minimum atomic E-state index is -0.338. The molecule has 2 rings (SSSR count). The Kier molecular flexibility index (Phi) is 6.01. The van der Waals surface area contributed by atoms with Crippen LogP contribution in [0.3, 0.4) is 0 Å². The second-order valence-corrected chi connectivity index (χ2v) is 5.21. The van der Waals surface area contributed by atoms with Crippen LogP contribution in [-0.4, -0.2) is 37.2 Å². The van der Waals surface area contributed by atoms with Crippen molar-refractivity contribution in [2.45, 2.75) is 25.9 Å². The van der Waals surface area contributed by atoms with Gasteiger partial charge < -0.3 is 14.4 Å². The fraction of sp³-hybridized carbons (Fsp3) is 0.412. The smallest absolute Gasteiger partial charge is 0.410 e. The lowest BCUT2D eigenvalue weighted by Crippen LogP contribution is -2.32. The number of methoxy groups -OCH3 is 1. The lowest BCUT2D eigenvalue weighted by atomic mass is 10.1. The van der Waals surface area contributed by atoms with E-state index in [2.05, 4.69) is 4.74 Å². The molecule has 1 aromatic rings. The van der Waals surface area contributed by atoms with Crippen LogP contribution in [0.25, 0.3) is 0 Å². The van der Waals surface area contributed by atoms with Gasteiger partial charge in [-0.15, -0.1) is 0 Å². The predicted octanol–water partition coefficient (Wildman–Crippen LogP) is 2.91. The molecule has 5 nitrogen and oxygen atoms in total. The van der Waals surface area contributed by atoms with Crippen molar-refractivity contribution in [3.05, 3.63) is 47.5 Å². The Morgan fingerprint density at radius 3 is 2.68 bits per heavy atom. The predicted molar refractivity (Wildman–Crippen MR) is 82.2 cm³/mol. The lowest BCUT2D eigenvalue weighted by Gasteiger charge is -2.19. The number of hydrogen-bond acceptors (Lipinski definition) is 4. The quantitative estimate of drug-likeness (QED) is 0.636. The molecule has 1 fully saturated rings. The monoisotopic (exact) mass is 303 g/mol. The fourth-order valence-electron chi connectivity index (χ4n) is 2.38. The van der Waals surface area contributed by atoms with Gasteiger partial charge in [-0.3, -0.25) is 0 Å². The molecular formula is C17H21NO4. The van der Waals surface area contributed by atoms with Gasteiger partial charge in [0, 0.05) is 19.2 Å². The molecule has 5 heteroatoms. The molecule has 1 heterocycles. The zero-order chi connectivity index (χ0) is 15.8. The van der Waals surface area contributed by atoms with Gasteiger partial charge in [-0.1, -0.05) is 35.9 Å². The van der Waals surface area contributed by atoms with E-state index in [0.717, 1.165) is 24.0 Å². The third kappa shape index (κ3) is 4.91. The first-order valence-electron chi connectivity index (χ1n) is 7.42. The number of carbonyl (C=O) groups excluding carboxylic acids is 2. The summed E-state index contributed by atoms with van der Waals surface area (Å²) in [6, 6.07) is 9.60. The fourth-order valence-corrected chi connectivity index (χ4v) is 2.38. The number of carbonyl (C=O) groups is 2. The van der Waals surface area contributed by atoms with Crippen LogP contribution in [0, 0.1) is 0 Å². The molecule has 1 aliphatic heterocycles. The van der Waals surface area contributed by atoms with Crippen molar-refractivity contribution in [2.24, 2.45) is 0 Å². The molecule has 0 spiro atoms. The summed E-state index contributed by atoms with van der Waals surface area (Å²) in [5.41, 5.74) is 1.99. The molecule has 0 N–H and O–H groups in total. The Hall–Kier alpha value is -2.30. The Morgan fingerprint density at radius 1 is 1.18 bits per heavy atom. The summed E-state index contributed by atoms with van der Waals surface area (Å²) in [5.74, 6) is -0.338. The summed E-state index contributed by atoms with van der Waals surface area (Å²) < 4.78 is 9.97. The van der Waals surface area contributed by atoms with Crippen molar-refractivity contribution in [3.63, 3.8) is 0 Å². The summed E-state index contributed by atoms with van der Waals surface area (Å²) in [5, 5.41) is 0. The number of likely N-dealkylation sites (tertiary alicyclic amines) is 1. The van der Waals surface area contributed by atoms with E-state index < -0.39 is 0 Å². The van der Waals surface area contributed by atoms with Crippen LogP contribution in [0.2, 0.25) is 0 Å². The number of nitrogens with zero attached hydrogens (tertiary/aromatic N) is 1. The van der Waals surface area contributed by atoms with E-state index in [0.29, 0.717) is 19.5 Å². The van der Waals surface area contributed by atoms with Crippen molar-refractivity contribution >= 4 is 12.1 Å².